The van der Waals surface area contributed by atoms with Gasteiger partial charge in [-0.05, 0) is 122 Å². The number of allylic oxidation sites excluding steroid dienone is 18. The summed E-state index contributed by atoms with van der Waals surface area (Å²) >= 11 is 0. The first-order chi connectivity index (χ1) is 35.0. The molecule has 0 bridgehead atoms. The van der Waals surface area contributed by atoms with Crippen molar-refractivity contribution in [1.82, 2.24) is 0 Å². The van der Waals surface area contributed by atoms with E-state index in [0.717, 1.165) is 122 Å². The van der Waals surface area contributed by atoms with Crippen LogP contribution in [0.25, 0.3) is 0 Å². The largest absolute Gasteiger partial charge is 0.462 e. The average molecular weight is 986 g/mol. The molecule has 0 heterocycles. The van der Waals surface area contributed by atoms with Gasteiger partial charge in [0, 0.05) is 19.3 Å². The van der Waals surface area contributed by atoms with Crippen molar-refractivity contribution in [2.45, 2.75) is 271 Å². The number of hydrogen-bond acceptors (Lipinski definition) is 6. The van der Waals surface area contributed by atoms with Gasteiger partial charge in [0.15, 0.2) is 6.10 Å². The van der Waals surface area contributed by atoms with E-state index in [9.17, 15) is 14.4 Å². The van der Waals surface area contributed by atoms with Gasteiger partial charge in [0.1, 0.15) is 13.2 Å². The molecule has 0 rings (SSSR count). The Morgan fingerprint density at radius 1 is 0.296 bits per heavy atom. The van der Waals surface area contributed by atoms with Crippen LogP contribution in [-0.4, -0.2) is 37.2 Å². The van der Waals surface area contributed by atoms with E-state index in [2.05, 4.69) is 130 Å². The highest BCUT2D eigenvalue weighted by Gasteiger charge is 2.19. The lowest BCUT2D eigenvalue weighted by Gasteiger charge is -2.18. The molecule has 6 heteroatoms. The van der Waals surface area contributed by atoms with Gasteiger partial charge in [-0.2, -0.15) is 0 Å². The zero-order valence-corrected chi connectivity index (χ0v) is 46.2. The third-order valence-corrected chi connectivity index (χ3v) is 12.2. The number of carbonyl (C=O) groups excluding carboxylic acids is 3. The quantitative estimate of drug-likeness (QED) is 0.0261. The van der Waals surface area contributed by atoms with Gasteiger partial charge in [0.25, 0.3) is 0 Å². The summed E-state index contributed by atoms with van der Waals surface area (Å²) in [6.45, 7) is 6.41. The molecule has 0 fully saturated rings. The molecule has 0 N–H and O–H groups in total. The number of ether oxygens (including phenoxy) is 3. The number of hydrogen-bond donors (Lipinski definition) is 0. The highest BCUT2D eigenvalue weighted by Crippen LogP contribution is 2.15. The molecule has 0 aliphatic heterocycles. The number of carbonyl (C=O) groups is 3. The van der Waals surface area contributed by atoms with Gasteiger partial charge in [-0.25, -0.2) is 0 Å². The van der Waals surface area contributed by atoms with Crippen molar-refractivity contribution < 1.29 is 28.6 Å². The van der Waals surface area contributed by atoms with Crippen LogP contribution in [0.1, 0.15) is 265 Å². The van der Waals surface area contributed by atoms with E-state index in [1.165, 1.54) is 96.3 Å². The van der Waals surface area contributed by atoms with Gasteiger partial charge in [0.2, 0.25) is 0 Å². The van der Waals surface area contributed by atoms with Crippen LogP contribution in [0.3, 0.4) is 0 Å². The van der Waals surface area contributed by atoms with Crippen LogP contribution in [0.4, 0.5) is 0 Å². The lowest BCUT2D eigenvalue weighted by atomic mass is 10.1. The molecule has 0 amide bonds. The summed E-state index contributed by atoms with van der Waals surface area (Å²) in [5, 5.41) is 0. The molecule has 1 atom stereocenters. The maximum Gasteiger partial charge on any atom is 0.306 e. The molecule has 6 nitrogen and oxygen atoms in total. The van der Waals surface area contributed by atoms with E-state index < -0.39 is 6.10 Å². The third kappa shape index (κ3) is 56.9. The molecule has 0 aliphatic carbocycles. The summed E-state index contributed by atoms with van der Waals surface area (Å²) in [6.07, 6.45) is 79.4. The monoisotopic (exact) mass is 985 g/mol. The van der Waals surface area contributed by atoms with Crippen LogP contribution < -0.4 is 0 Å². The predicted molar refractivity (Wildman–Crippen MR) is 307 cm³/mol. The van der Waals surface area contributed by atoms with Crippen molar-refractivity contribution in [3.63, 3.8) is 0 Å². The molecule has 0 radical (unpaired) electrons. The fourth-order valence-corrected chi connectivity index (χ4v) is 7.83. The number of rotatable bonds is 52. The molecule has 0 saturated carbocycles. The van der Waals surface area contributed by atoms with Crippen LogP contribution in [0.15, 0.2) is 109 Å². The summed E-state index contributed by atoms with van der Waals surface area (Å²) in [4.78, 5) is 38.2. The second-order valence-electron chi connectivity index (χ2n) is 19.2. The highest BCUT2D eigenvalue weighted by atomic mass is 16.6. The lowest BCUT2D eigenvalue weighted by Crippen LogP contribution is -2.30. The van der Waals surface area contributed by atoms with Crippen LogP contribution in [0.5, 0.6) is 0 Å². The molecule has 404 valence electrons. The molecule has 0 spiro atoms. The minimum Gasteiger partial charge on any atom is -0.462 e. The fourth-order valence-electron chi connectivity index (χ4n) is 7.83. The van der Waals surface area contributed by atoms with Crippen LogP contribution in [0, 0.1) is 0 Å². The Bertz CT molecular complexity index is 1460. The molecule has 71 heavy (non-hydrogen) atoms. The molecule has 0 aliphatic rings. The van der Waals surface area contributed by atoms with Crippen molar-refractivity contribution in [3.8, 4) is 0 Å². The maximum atomic E-state index is 12.9. The Balaban J connectivity index is 4.46. The summed E-state index contributed by atoms with van der Waals surface area (Å²) in [7, 11) is 0. The van der Waals surface area contributed by atoms with E-state index in [4.69, 9.17) is 14.2 Å². The van der Waals surface area contributed by atoms with E-state index in [1.54, 1.807) is 0 Å². The number of esters is 3. The summed E-state index contributed by atoms with van der Waals surface area (Å²) in [5.41, 5.74) is 0. The Morgan fingerprint density at radius 3 is 0.958 bits per heavy atom. The molecule has 0 aromatic heterocycles. The van der Waals surface area contributed by atoms with E-state index in [0.29, 0.717) is 25.7 Å². The van der Waals surface area contributed by atoms with Gasteiger partial charge < -0.3 is 14.2 Å². The molecule has 0 aromatic carbocycles. The number of unbranched alkanes of at least 4 members (excludes halogenated alkanes) is 23. The van der Waals surface area contributed by atoms with Gasteiger partial charge >= 0.3 is 17.9 Å². The Morgan fingerprint density at radius 2 is 0.577 bits per heavy atom. The Kier molecular flexibility index (Phi) is 55.4. The van der Waals surface area contributed by atoms with Gasteiger partial charge in [0.05, 0.1) is 0 Å². The summed E-state index contributed by atoms with van der Waals surface area (Å²) < 4.78 is 16.8. The fraction of sp³-hybridized carbons (Fsp3) is 0.677. The van der Waals surface area contributed by atoms with Crippen LogP contribution in [-0.2, 0) is 28.6 Å². The molecular weight excluding hydrogens is 877 g/mol. The Hall–Kier alpha value is -3.93. The van der Waals surface area contributed by atoms with Crippen molar-refractivity contribution in [3.05, 3.63) is 109 Å². The van der Waals surface area contributed by atoms with Crippen molar-refractivity contribution in [2.75, 3.05) is 13.2 Å². The SMILES string of the molecule is CC/C=C\C/C=C\C/C=C\C/C=C\C/C=C\C/C=C\CCCCC(=O)OCC(COC(=O)CCCCCCC/C=C\C/C=C\CCC)OC(=O)CCCCCCCCCCC/C=C\CCCCCCCC. The third-order valence-electron chi connectivity index (χ3n) is 12.2. The van der Waals surface area contributed by atoms with Gasteiger partial charge in [-0.3, -0.25) is 14.4 Å². The minimum atomic E-state index is -0.805. The molecule has 0 aromatic rings. The minimum absolute atomic E-state index is 0.101. The first kappa shape index (κ1) is 67.1. The topological polar surface area (TPSA) is 78.9 Å². The molecule has 0 saturated heterocycles. The standard InChI is InChI=1S/C65H108O6/c1-4-7-10-13-16-19-22-25-27-29-31-32-34-35-37-40-43-46-49-52-55-58-64(67)70-61-62(60-69-63(66)57-54-51-48-45-42-39-24-21-18-15-12-9-6-3)71-65(68)59-56-53-50-47-44-41-38-36-33-30-28-26-23-20-17-14-11-8-5-2/h7,10,12,15-16,19,21,24-28,31-32,35,37,43,46,62H,4-6,8-9,11,13-14,17-18,20,22-23,29-30,33-34,36,38-42,44-45,47-61H2,1-3H3/b10-7-,15-12-,19-16-,24-21-,27-25-,28-26-,32-31-,37-35-,46-43-. The van der Waals surface area contributed by atoms with E-state index in [1.807, 2.05) is 0 Å². The predicted octanol–water partition coefficient (Wildman–Crippen LogP) is 19.9. The molecule has 1 unspecified atom stereocenters. The van der Waals surface area contributed by atoms with Gasteiger partial charge in [-0.1, -0.05) is 233 Å². The van der Waals surface area contributed by atoms with Crippen LogP contribution in [0.2, 0.25) is 0 Å². The zero-order valence-electron chi connectivity index (χ0n) is 46.2. The average Bonchev–Trinajstić information content (AvgIpc) is 3.37. The van der Waals surface area contributed by atoms with E-state index in [-0.39, 0.29) is 31.1 Å². The highest BCUT2D eigenvalue weighted by molar-refractivity contribution is 5.71. The first-order valence-corrected chi connectivity index (χ1v) is 29.4. The lowest BCUT2D eigenvalue weighted by molar-refractivity contribution is -0.167. The van der Waals surface area contributed by atoms with Crippen molar-refractivity contribution in [1.29, 1.82) is 0 Å². The second-order valence-corrected chi connectivity index (χ2v) is 19.2. The summed E-state index contributed by atoms with van der Waals surface area (Å²) in [6, 6.07) is 0. The molecular formula is C65H108O6. The van der Waals surface area contributed by atoms with E-state index >= 15 is 0 Å². The normalized spacial score (nSPS) is 12.9. The maximum absolute atomic E-state index is 12.9. The second kappa shape index (κ2) is 58.6. The van der Waals surface area contributed by atoms with Crippen molar-refractivity contribution in [2.24, 2.45) is 0 Å². The van der Waals surface area contributed by atoms with Gasteiger partial charge in [-0.15, -0.1) is 0 Å². The summed E-state index contributed by atoms with van der Waals surface area (Å²) in [5.74, 6) is -0.959. The van der Waals surface area contributed by atoms with Crippen molar-refractivity contribution >= 4 is 17.9 Å². The smallest absolute Gasteiger partial charge is 0.306 e. The first-order valence-electron chi connectivity index (χ1n) is 29.4. The van der Waals surface area contributed by atoms with Crippen LogP contribution >= 0.6 is 0 Å². The zero-order chi connectivity index (χ0) is 51.4. The Labute approximate surface area is 438 Å².